The number of carbonyl (C=O) groups excluding carboxylic acids is 1. The van der Waals surface area contributed by atoms with Crippen LogP contribution in [0.1, 0.15) is 83.5 Å². The first-order chi connectivity index (χ1) is 20.5. The predicted octanol–water partition coefficient (Wildman–Crippen LogP) is 7.02. The number of hydrogen-bond acceptors (Lipinski definition) is 5. The van der Waals surface area contributed by atoms with Gasteiger partial charge in [0.2, 0.25) is 0 Å². The third kappa shape index (κ3) is 7.42. The first kappa shape index (κ1) is 31.5. The molecule has 4 aliphatic rings. The summed E-state index contributed by atoms with van der Waals surface area (Å²) in [6, 6.07) is 22.1. The molecule has 2 aliphatic carbocycles. The van der Waals surface area contributed by atoms with Gasteiger partial charge in [-0.25, -0.2) is 4.79 Å². The summed E-state index contributed by atoms with van der Waals surface area (Å²) >= 11 is 0. The molecule has 0 spiro atoms. The maximum absolute atomic E-state index is 12.4. The monoisotopic (exact) mass is 584 g/mol. The van der Waals surface area contributed by atoms with Crippen molar-refractivity contribution in [1.82, 2.24) is 15.1 Å². The fourth-order valence-corrected chi connectivity index (χ4v) is 7.41. The fraction of sp³-hybridized carbons (Fsp3) is 0.541. The summed E-state index contributed by atoms with van der Waals surface area (Å²) in [5, 5.41) is 3.23. The van der Waals surface area contributed by atoms with E-state index in [-0.39, 0.29) is 17.2 Å². The van der Waals surface area contributed by atoms with Gasteiger partial charge in [0.25, 0.3) is 0 Å². The minimum Gasteiger partial charge on any atom is -0.444 e. The maximum Gasteiger partial charge on any atom is 0.408 e. The zero-order valence-corrected chi connectivity index (χ0v) is 26.8. The van der Waals surface area contributed by atoms with Crippen molar-refractivity contribution in [3.63, 3.8) is 0 Å². The van der Waals surface area contributed by atoms with Gasteiger partial charge >= 0.3 is 6.09 Å². The predicted molar refractivity (Wildman–Crippen MR) is 176 cm³/mol. The Morgan fingerprint density at radius 3 is 1.88 bits per heavy atom. The second kappa shape index (κ2) is 13.0. The molecule has 0 bridgehead atoms. The van der Waals surface area contributed by atoms with Crippen LogP contribution in [0.2, 0.25) is 0 Å². The van der Waals surface area contributed by atoms with Crippen molar-refractivity contribution in [1.29, 1.82) is 0 Å². The number of nitrogens with zero attached hydrogens (tertiary/aromatic N) is 2. The Morgan fingerprint density at radius 1 is 0.814 bits per heavy atom. The van der Waals surface area contributed by atoms with Crippen molar-refractivity contribution < 1.29 is 9.53 Å². The number of allylic oxidation sites excluding steroid dienone is 2. The van der Waals surface area contributed by atoms with Crippen molar-refractivity contribution >= 4 is 6.09 Å². The molecule has 6 atom stereocenters. The van der Waals surface area contributed by atoms with E-state index in [0.717, 1.165) is 51.9 Å². The zero-order valence-electron chi connectivity index (χ0n) is 26.8. The maximum atomic E-state index is 12.4. The Bertz CT molecular complexity index is 1270. The highest BCUT2D eigenvalue weighted by Gasteiger charge is 2.49. The quantitative estimate of drug-likeness (QED) is 0.370. The van der Waals surface area contributed by atoms with Crippen molar-refractivity contribution in [3.05, 3.63) is 96.1 Å². The Balaban J connectivity index is 0.000000180. The fourth-order valence-electron chi connectivity index (χ4n) is 7.41. The first-order valence-corrected chi connectivity index (χ1v) is 16.2. The molecule has 0 saturated carbocycles. The number of likely N-dealkylation sites (tertiary alicyclic amines) is 2. The average Bonchev–Trinajstić information content (AvgIpc) is 3.54. The standard InChI is InChI=1S/C21H30N2O2.C16H22N2/c1-16(17-10-6-5-7-11-17)23-14-18-12-8-9-13-21(18,15-23)22-19(24)25-20(2,3)4;1-13(14-7-3-2-4-8-14)18-11-15-9-5-6-10-16(15,17)12-18/h5-11,16,18H,12-15H2,1-4H3,(H,22,24);2-8,13,15H,9-12,17H2,1H3/t16-,18+,21-;13-,15+,16-/m11/s1. The lowest BCUT2D eigenvalue weighted by molar-refractivity contribution is 0.0428. The van der Waals surface area contributed by atoms with Crippen LogP contribution in [-0.2, 0) is 4.74 Å². The topological polar surface area (TPSA) is 70.8 Å². The lowest BCUT2D eigenvalue weighted by Crippen LogP contribution is -2.56. The molecule has 3 N–H and O–H groups in total. The van der Waals surface area contributed by atoms with Crippen molar-refractivity contribution in [2.45, 2.75) is 89.1 Å². The molecule has 0 aromatic heterocycles. The summed E-state index contributed by atoms with van der Waals surface area (Å²) in [6.07, 6.45) is 12.8. The number of nitrogens with two attached hydrogens (primary N) is 1. The highest BCUT2D eigenvalue weighted by atomic mass is 16.6. The van der Waals surface area contributed by atoms with Crippen LogP contribution >= 0.6 is 0 Å². The summed E-state index contributed by atoms with van der Waals surface area (Å²) in [4.78, 5) is 17.5. The number of amides is 1. The van der Waals surface area contributed by atoms with Crippen LogP contribution in [0.25, 0.3) is 0 Å². The number of nitrogens with one attached hydrogen (secondary N) is 1. The Morgan fingerprint density at radius 2 is 1.33 bits per heavy atom. The lowest BCUT2D eigenvalue weighted by Gasteiger charge is -2.37. The molecule has 43 heavy (non-hydrogen) atoms. The highest BCUT2D eigenvalue weighted by molar-refractivity contribution is 5.69. The van der Waals surface area contributed by atoms with Crippen LogP contribution < -0.4 is 11.1 Å². The molecule has 0 radical (unpaired) electrons. The van der Waals surface area contributed by atoms with Crippen LogP contribution in [0.5, 0.6) is 0 Å². The molecule has 232 valence electrons. The second-order valence-electron chi connectivity index (χ2n) is 14.3. The van der Waals surface area contributed by atoms with Gasteiger partial charge in [0.1, 0.15) is 5.60 Å². The van der Waals surface area contributed by atoms with Crippen LogP contribution in [0.15, 0.2) is 85.0 Å². The summed E-state index contributed by atoms with van der Waals surface area (Å²) < 4.78 is 5.53. The molecular weight excluding hydrogens is 532 g/mol. The molecule has 6 nitrogen and oxygen atoms in total. The molecule has 2 aromatic carbocycles. The average molecular weight is 585 g/mol. The minimum absolute atomic E-state index is 0.0117. The van der Waals surface area contributed by atoms with Gasteiger partial charge in [-0.2, -0.15) is 0 Å². The first-order valence-electron chi connectivity index (χ1n) is 16.2. The van der Waals surface area contributed by atoms with Gasteiger partial charge in [-0.3, -0.25) is 9.80 Å². The van der Waals surface area contributed by atoms with Gasteiger partial charge in [-0.05, 0) is 83.3 Å². The largest absolute Gasteiger partial charge is 0.444 e. The molecule has 2 aromatic rings. The third-order valence-electron chi connectivity index (χ3n) is 10.1. The molecule has 1 amide bonds. The van der Waals surface area contributed by atoms with Crippen molar-refractivity contribution in [2.24, 2.45) is 17.6 Å². The molecule has 6 rings (SSSR count). The van der Waals surface area contributed by atoms with Gasteiger partial charge < -0.3 is 15.8 Å². The van der Waals surface area contributed by atoms with E-state index in [1.807, 2.05) is 20.8 Å². The van der Waals surface area contributed by atoms with Crippen LogP contribution in [-0.4, -0.2) is 58.8 Å². The van der Waals surface area contributed by atoms with E-state index in [2.05, 4.69) is 114 Å². The van der Waals surface area contributed by atoms with E-state index in [1.165, 1.54) is 11.1 Å². The van der Waals surface area contributed by atoms with E-state index in [1.54, 1.807) is 0 Å². The van der Waals surface area contributed by atoms with Gasteiger partial charge in [-0.1, -0.05) is 85.0 Å². The SMILES string of the molecule is C[C@H](c1ccccc1)N1C[C@@H]2CC=CC[C@@]2(N)C1.C[C@H](c1ccccc1)N1C[C@@H]2CC=CC[C@@]2(NC(=O)OC(C)(C)C)C1. The molecule has 2 fully saturated rings. The third-order valence-corrected chi connectivity index (χ3v) is 10.1. The Kier molecular flexibility index (Phi) is 9.50. The number of alkyl carbamates (subject to hydrolysis) is 1. The van der Waals surface area contributed by atoms with Crippen molar-refractivity contribution in [3.8, 4) is 0 Å². The van der Waals surface area contributed by atoms with Crippen LogP contribution in [0, 0.1) is 11.8 Å². The van der Waals surface area contributed by atoms with E-state index >= 15 is 0 Å². The summed E-state index contributed by atoms with van der Waals surface area (Å²) in [5.41, 5.74) is 8.61. The van der Waals surface area contributed by atoms with Gasteiger partial charge in [0.15, 0.2) is 0 Å². The number of rotatable bonds is 5. The van der Waals surface area contributed by atoms with E-state index < -0.39 is 5.60 Å². The molecule has 2 saturated heterocycles. The van der Waals surface area contributed by atoms with Gasteiger partial charge in [-0.15, -0.1) is 0 Å². The van der Waals surface area contributed by atoms with Gasteiger partial charge in [0, 0.05) is 43.8 Å². The second-order valence-corrected chi connectivity index (χ2v) is 14.3. The number of hydrogen-bond donors (Lipinski definition) is 2. The zero-order chi connectivity index (χ0) is 30.7. The van der Waals surface area contributed by atoms with E-state index in [0.29, 0.717) is 23.9 Å². The minimum atomic E-state index is -0.476. The smallest absolute Gasteiger partial charge is 0.408 e. The molecule has 2 aliphatic heterocycles. The Labute approximate surface area is 259 Å². The number of benzene rings is 2. The van der Waals surface area contributed by atoms with Crippen LogP contribution in [0.3, 0.4) is 0 Å². The normalized spacial score (nSPS) is 30.0. The molecule has 6 heteroatoms. The number of ether oxygens (including phenoxy) is 1. The lowest BCUT2D eigenvalue weighted by atomic mass is 9.78. The molecule has 0 unspecified atom stereocenters. The van der Waals surface area contributed by atoms with E-state index in [9.17, 15) is 4.79 Å². The van der Waals surface area contributed by atoms with Crippen LogP contribution in [0.4, 0.5) is 4.79 Å². The number of carbonyl (C=O) groups is 1. The molecule has 2 heterocycles. The summed E-state index contributed by atoms with van der Waals surface area (Å²) in [7, 11) is 0. The van der Waals surface area contributed by atoms with Gasteiger partial charge in [0.05, 0.1) is 5.54 Å². The number of fused-ring (bicyclic) bond motifs is 2. The van der Waals surface area contributed by atoms with Crippen molar-refractivity contribution in [2.75, 3.05) is 26.2 Å². The molecular formula is C37H52N4O2. The Hall–Kier alpha value is -2.93. The van der Waals surface area contributed by atoms with E-state index in [4.69, 9.17) is 10.5 Å². The summed E-state index contributed by atoms with van der Waals surface area (Å²) in [5.74, 6) is 1.06. The highest BCUT2D eigenvalue weighted by Crippen LogP contribution is 2.41. The summed E-state index contributed by atoms with van der Waals surface area (Å²) in [6.45, 7) is 14.3.